The number of hydrogen-bond donors (Lipinski definition) is 1. The largest absolute Gasteiger partial charge is 0.497 e. The van der Waals surface area contributed by atoms with Crippen LogP contribution in [-0.2, 0) is 10.0 Å². The highest BCUT2D eigenvalue weighted by atomic mass is 32.2. The highest BCUT2D eigenvalue weighted by Crippen LogP contribution is 2.25. The van der Waals surface area contributed by atoms with E-state index in [2.05, 4.69) is 5.32 Å². The minimum absolute atomic E-state index is 0.0343. The Kier molecular flexibility index (Phi) is 7.55. The summed E-state index contributed by atoms with van der Waals surface area (Å²) >= 11 is 1.63. The highest BCUT2D eigenvalue weighted by Gasteiger charge is 2.23. The molecule has 1 heterocycles. The lowest BCUT2D eigenvalue weighted by molar-refractivity contribution is 0.0942. The Morgan fingerprint density at radius 3 is 2.38 bits per heavy atom. The maximum absolute atomic E-state index is 13.1. The third-order valence-corrected chi connectivity index (χ3v) is 7.90. The fraction of sp³-hybridized carbons (Fsp3) is 0.261. The molecule has 7 nitrogen and oxygen atoms in total. The second kappa shape index (κ2) is 10.2. The Balaban J connectivity index is 1.76. The molecule has 1 atom stereocenters. The summed E-state index contributed by atoms with van der Waals surface area (Å²) in [6.07, 6.45) is 0. The third-order valence-electron chi connectivity index (χ3n) is 5.14. The summed E-state index contributed by atoms with van der Waals surface area (Å²) in [6, 6.07) is 16.8. The first-order chi connectivity index (χ1) is 15.2. The van der Waals surface area contributed by atoms with Crippen molar-refractivity contribution in [1.29, 1.82) is 0 Å². The number of nitrogens with one attached hydrogen (secondary N) is 1. The third kappa shape index (κ3) is 5.29. The van der Waals surface area contributed by atoms with Gasteiger partial charge in [0.2, 0.25) is 0 Å². The van der Waals surface area contributed by atoms with Crippen LogP contribution < -0.4 is 14.4 Å². The number of carbonyl (C=O) groups is 1. The van der Waals surface area contributed by atoms with Gasteiger partial charge in [-0.1, -0.05) is 12.1 Å². The molecule has 0 saturated heterocycles. The molecule has 1 amide bonds. The lowest BCUT2D eigenvalue weighted by Crippen LogP contribution is -2.34. The number of carbonyl (C=O) groups excluding carboxylic acids is 1. The second-order valence-corrected chi connectivity index (χ2v) is 10.4. The highest BCUT2D eigenvalue weighted by molar-refractivity contribution is 7.92. The van der Waals surface area contributed by atoms with Crippen LogP contribution in [0.3, 0.4) is 0 Å². The molecule has 3 rings (SSSR count). The Labute approximate surface area is 193 Å². The van der Waals surface area contributed by atoms with E-state index in [0.717, 1.165) is 4.88 Å². The van der Waals surface area contributed by atoms with E-state index in [-0.39, 0.29) is 22.4 Å². The number of ether oxygens (including phenoxy) is 1. The molecule has 2 aromatic carbocycles. The lowest BCUT2D eigenvalue weighted by Gasteiger charge is -2.23. The van der Waals surface area contributed by atoms with Crippen LogP contribution in [0.4, 0.5) is 5.69 Å². The molecule has 0 aliphatic heterocycles. The number of nitrogens with zero attached hydrogens (tertiary/aromatic N) is 2. The number of rotatable bonds is 9. The van der Waals surface area contributed by atoms with Crippen molar-refractivity contribution in [2.45, 2.75) is 10.9 Å². The predicted molar refractivity (Wildman–Crippen MR) is 128 cm³/mol. The number of anilines is 1. The summed E-state index contributed by atoms with van der Waals surface area (Å²) in [4.78, 5) is 16.0. The summed E-state index contributed by atoms with van der Waals surface area (Å²) in [5.74, 6) is 0.314. The van der Waals surface area contributed by atoms with Gasteiger partial charge in [-0.05, 0) is 68.0 Å². The van der Waals surface area contributed by atoms with Gasteiger partial charge < -0.3 is 15.0 Å². The lowest BCUT2D eigenvalue weighted by atomic mass is 10.2. The second-order valence-electron chi connectivity index (χ2n) is 7.40. The molecule has 0 unspecified atom stereocenters. The van der Waals surface area contributed by atoms with Crippen LogP contribution in [0, 0.1) is 0 Å². The minimum Gasteiger partial charge on any atom is -0.497 e. The quantitative estimate of drug-likeness (QED) is 0.514. The molecule has 170 valence electrons. The van der Waals surface area contributed by atoms with Crippen LogP contribution in [0.15, 0.2) is 70.9 Å². The van der Waals surface area contributed by atoms with E-state index < -0.39 is 10.0 Å². The molecule has 1 aromatic heterocycles. The van der Waals surface area contributed by atoms with E-state index in [1.165, 1.54) is 23.5 Å². The van der Waals surface area contributed by atoms with Gasteiger partial charge in [0.15, 0.2) is 0 Å². The van der Waals surface area contributed by atoms with Gasteiger partial charge in [-0.2, -0.15) is 0 Å². The normalized spacial score (nSPS) is 12.4. The molecule has 0 aliphatic carbocycles. The standard InChI is InChI=1S/C23H27N3O4S2/c1-25(2)21(22-9-6-14-31-22)16-24-23(27)17-7-5-8-20(15-17)32(28,29)26(3)18-10-12-19(30-4)13-11-18/h5-15,21H,16H2,1-4H3,(H,24,27)/t21-/m0/s1. The van der Waals surface area contributed by atoms with Gasteiger partial charge in [0.25, 0.3) is 15.9 Å². The number of methoxy groups -OCH3 is 1. The fourth-order valence-electron chi connectivity index (χ4n) is 3.20. The summed E-state index contributed by atoms with van der Waals surface area (Å²) in [6.45, 7) is 0.412. The van der Waals surface area contributed by atoms with E-state index in [9.17, 15) is 13.2 Å². The topological polar surface area (TPSA) is 78.9 Å². The molecule has 9 heteroatoms. The predicted octanol–water partition coefficient (Wildman–Crippen LogP) is 3.61. The van der Waals surface area contributed by atoms with Crippen molar-refractivity contribution >= 4 is 33.0 Å². The van der Waals surface area contributed by atoms with Crippen molar-refractivity contribution in [2.75, 3.05) is 39.1 Å². The Bertz CT molecular complexity index is 1140. The van der Waals surface area contributed by atoms with Gasteiger partial charge in [-0.25, -0.2) is 8.42 Å². The SMILES string of the molecule is COc1ccc(N(C)S(=O)(=O)c2cccc(C(=O)NC[C@@H](c3cccs3)N(C)C)c2)cc1. The van der Waals surface area contributed by atoms with Gasteiger partial charge in [0, 0.05) is 24.0 Å². The van der Waals surface area contributed by atoms with Crippen molar-refractivity contribution in [1.82, 2.24) is 10.2 Å². The van der Waals surface area contributed by atoms with Crippen molar-refractivity contribution in [2.24, 2.45) is 0 Å². The van der Waals surface area contributed by atoms with Crippen LogP contribution in [0.25, 0.3) is 0 Å². The Morgan fingerprint density at radius 2 is 1.78 bits per heavy atom. The molecule has 3 aromatic rings. The molecule has 0 saturated carbocycles. The molecular weight excluding hydrogens is 446 g/mol. The molecule has 0 aliphatic rings. The Hall–Kier alpha value is -2.88. The number of benzene rings is 2. The van der Waals surface area contributed by atoms with Crippen molar-refractivity contribution in [3.63, 3.8) is 0 Å². The molecule has 0 bridgehead atoms. The van der Waals surface area contributed by atoms with E-state index in [1.807, 2.05) is 36.5 Å². The summed E-state index contributed by atoms with van der Waals surface area (Å²) < 4.78 is 32.6. The monoisotopic (exact) mass is 473 g/mol. The molecule has 1 N–H and O–H groups in total. The molecule has 0 spiro atoms. The van der Waals surface area contributed by atoms with Crippen LogP contribution in [0.5, 0.6) is 5.75 Å². The van der Waals surface area contributed by atoms with Crippen molar-refractivity contribution < 1.29 is 17.9 Å². The average molecular weight is 474 g/mol. The van der Waals surface area contributed by atoms with Gasteiger partial charge in [-0.3, -0.25) is 9.10 Å². The van der Waals surface area contributed by atoms with Crippen LogP contribution >= 0.6 is 11.3 Å². The molecule has 32 heavy (non-hydrogen) atoms. The zero-order chi connectivity index (χ0) is 23.3. The number of likely N-dealkylation sites (N-methyl/N-ethyl adjacent to an activating group) is 1. The number of thiophene rings is 1. The molecule has 0 radical (unpaired) electrons. The summed E-state index contributed by atoms with van der Waals surface area (Å²) in [5.41, 5.74) is 0.781. The van der Waals surface area contributed by atoms with Gasteiger partial charge in [0.1, 0.15) is 5.75 Å². The van der Waals surface area contributed by atoms with E-state index in [4.69, 9.17) is 4.74 Å². The smallest absolute Gasteiger partial charge is 0.264 e. The Morgan fingerprint density at radius 1 is 1.06 bits per heavy atom. The van der Waals surface area contributed by atoms with Crippen LogP contribution in [-0.4, -0.2) is 54.0 Å². The fourth-order valence-corrected chi connectivity index (χ4v) is 5.36. The average Bonchev–Trinajstić information content (AvgIpc) is 3.33. The summed E-state index contributed by atoms with van der Waals surface area (Å²) in [5, 5.41) is 4.93. The van der Waals surface area contributed by atoms with Gasteiger partial charge in [0.05, 0.1) is 23.7 Å². The van der Waals surface area contributed by atoms with Crippen molar-refractivity contribution in [3.8, 4) is 5.75 Å². The zero-order valence-electron chi connectivity index (χ0n) is 18.5. The molecule has 0 fully saturated rings. The van der Waals surface area contributed by atoms with Gasteiger partial charge in [-0.15, -0.1) is 11.3 Å². The minimum atomic E-state index is -3.84. The maximum Gasteiger partial charge on any atom is 0.264 e. The summed E-state index contributed by atoms with van der Waals surface area (Å²) in [7, 11) is 3.10. The first kappa shape index (κ1) is 23.8. The van der Waals surface area contributed by atoms with E-state index in [0.29, 0.717) is 18.0 Å². The number of hydrogen-bond acceptors (Lipinski definition) is 6. The maximum atomic E-state index is 13.1. The zero-order valence-corrected chi connectivity index (χ0v) is 20.1. The van der Waals surface area contributed by atoms with Crippen LogP contribution in [0.1, 0.15) is 21.3 Å². The van der Waals surface area contributed by atoms with Crippen molar-refractivity contribution in [3.05, 3.63) is 76.5 Å². The van der Waals surface area contributed by atoms with Gasteiger partial charge >= 0.3 is 0 Å². The molecular formula is C23H27N3O4S2. The van der Waals surface area contributed by atoms with E-state index >= 15 is 0 Å². The first-order valence-electron chi connectivity index (χ1n) is 9.95. The number of amides is 1. The first-order valence-corrected chi connectivity index (χ1v) is 12.3. The van der Waals surface area contributed by atoms with Crippen LogP contribution in [0.2, 0.25) is 0 Å². The number of sulfonamides is 1. The van der Waals surface area contributed by atoms with E-state index in [1.54, 1.807) is 54.8 Å².